The lowest BCUT2D eigenvalue weighted by Crippen LogP contribution is -2.12. The summed E-state index contributed by atoms with van der Waals surface area (Å²) in [5, 5.41) is 3.34. The van der Waals surface area contributed by atoms with Crippen molar-refractivity contribution in [2.24, 2.45) is 0 Å². The maximum Gasteiger partial charge on any atom is 0.322 e. The fourth-order valence-corrected chi connectivity index (χ4v) is 2.45. The normalized spacial score (nSPS) is 10.4. The summed E-state index contributed by atoms with van der Waals surface area (Å²) < 4.78 is 18.8. The third-order valence-electron chi connectivity index (χ3n) is 3.48. The second-order valence-corrected chi connectivity index (χ2v) is 5.90. The van der Waals surface area contributed by atoms with Crippen LogP contribution in [0.15, 0.2) is 60.9 Å². The molecule has 3 aromatic rings. The van der Waals surface area contributed by atoms with E-state index in [-0.39, 0.29) is 17.7 Å². The van der Waals surface area contributed by atoms with E-state index in [2.05, 4.69) is 15.3 Å². The molecule has 0 bridgehead atoms. The molecule has 0 aliphatic rings. The predicted molar refractivity (Wildman–Crippen MR) is 96.9 cm³/mol. The molecule has 1 amide bonds. The van der Waals surface area contributed by atoms with Crippen LogP contribution in [0.4, 0.5) is 10.1 Å². The highest BCUT2D eigenvalue weighted by Gasteiger charge is 2.08. The molecule has 3 rings (SSSR count). The van der Waals surface area contributed by atoms with E-state index in [0.717, 1.165) is 5.56 Å². The molecule has 26 heavy (non-hydrogen) atoms. The maximum absolute atomic E-state index is 13.5. The van der Waals surface area contributed by atoms with Gasteiger partial charge in [0.2, 0.25) is 5.91 Å². The van der Waals surface area contributed by atoms with Crippen molar-refractivity contribution in [3.05, 3.63) is 77.3 Å². The van der Waals surface area contributed by atoms with Gasteiger partial charge in [-0.3, -0.25) is 4.79 Å². The van der Waals surface area contributed by atoms with Crippen molar-refractivity contribution in [2.75, 3.05) is 5.32 Å². The number of hydrogen-bond acceptors (Lipinski definition) is 4. The summed E-state index contributed by atoms with van der Waals surface area (Å²) in [5.74, 6) is -0.642. The van der Waals surface area contributed by atoms with E-state index >= 15 is 0 Å². The molecule has 0 aliphatic heterocycles. The van der Waals surface area contributed by atoms with Gasteiger partial charge in [-0.2, -0.15) is 0 Å². The maximum atomic E-state index is 13.5. The van der Waals surface area contributed by atoms with Gasteiger partial charge < -0.3 is 10.1 Å². The van der Waals surface area contributed by atoms with Crippen molar-refractivity contribution in [1.29, 1.82) is 0 Å². The highest BCUT2D eigenvalue weighted by Crippen LogP contribution is 2.21. The first-order chi connectivity index (χ1) is 12.6. The average Bonchev–Trinajstić information content (AvgIpc) is 2.64. The van der Waals surface area contributed by atoms with E-state index in [0.29, 0.717) is 23.6 Å². The van der Waals surface area contributed by atoms with E-state index < -0.39 is 5.82 Å². The van der Waals surface area contributed by atoms with Crippen LogP contribution in [0.3, 0.4) is 0 Å². The number of halogens is 2. The van der Waals surface area contributed by atoms with Gasteiger partial charge in [0.25, 0.3) is 0 Å². The Bertz CT molecular complexity index is 903. The number of aromatic nitrogens is 2. The van der Waals surface area contributed by atoms with Crippen LogP contribution in [-0.2, 0) is 11.2 Å². The van der Waals surface area contributed by atoms with E-state index in [1.54, 1.807) is 18.2 Å². The number of rotatable bonds is 6. The standard InChI is InChI=1S/C19H15ClFN3O2/c20-14-5-3-4-13(10-14)8-9-18(25)24-15-11-22-19(23-12-15)26-17-7-2-1-6-16(17)21/h1-7,10-12H,8-9H2,(H,24,25). The molecule has 132 valence electrons. The molecular weight excluding hydrogens is 357 g/mol. The first-order valence-corrected chi connectivity index (χ1v) is 8.27. The minimum Gasteiger partial charge on any atom is -0.421 e. The number of anilines is 1. The number of hydrogen-bond donors (Lipinski definition) is 1. The van der Waals surface area contributed by atoms with Crippen LogP contribution in [0, 0.1) is 5.82 Å². The second kappa shape index (κ2) is 8.40. The highest BCUT2D eigenvalue weighted by atomic mass is 35.5. The lowest BCUT2D eigenvalue weighted by Gasteiger charge is -2.07. The van der Waals surface area contributed by atoms with Crippen LogP contribution >= 0.6 is 11.6 Å². The summed E-state index contributed by atoms with van der Waals surface area (Å²) in [6.45, 7) is 0. The minimum atomic E-state index is -0.505. The van der Waals surface area contributed by atoms with Gasteiger partial charge in [0.15, 0.2) is 11.6 Å². The van der Waals surface area contributed by atoms with Gasteiger partial charge in [0.1, 0.15) is 0 Å². The quantitative estimate of drug-likeness (QED) is 0.686. The van der Waals surface area contributed by atoms with E-state index in [9.17, 15) is 9.18 Å². The molecule has 0 unspecified atom stereocenters. The van der Waals surface area contributed by atoms with Crippen LogP contribution in [0.25, 0.3) is 0 Å². The number of carbonyl (C=O) groups is 1. The first-order valence-electron chi connectivity index (χ1n) is 7.89. The molecule has 5 nitrogen and oxygen atoms in total. The van der Waals surface area contributed by atoms with Gasteiger partial charge in [-0.25, -0.2) is 14.4 Å². The van der Waals surface area contributed by atoms with Crippen LogP contribution < -0.4 is 10.1 Å². The van der Waals surface area contributed by atoms with Crippen molar-refractivity contribution < 1.29 is 13.9 Å². The summed E-state index contributed by atoms with van der Waals surface area (Å²) in [5.41, 5.74) is 1.42. The molecule has 0 saturated heterocycles. The zero-order chi connectivity index (χ0) is 18.4. The third kappa shape index (κ3) is 5.00. The lowest BCUT2D eigenvalue weighted by molar-refractivity contribution is -0.116. The molecular formula is C19H15ClFN3O2. The van der Waals surface area contributed by atoms with Crippen molar-refractivity contribution in [3.8, 4) is 11.8 Å². The first kappa shape index (κ1) is 17.8. The number of nitrogens with one attached hydrogen (secondary N) is 1. The van der Waals surface area contributed by atoms with Gasteiger partial charge >= 0.3 is 6.01 Å². The third-order valence-corrected chi connectivity index (χ3v) is 3.71. The number of aryl methyl sites for hydroxylation is 1. The fraction of sp³-hybridized carbons (Fsp3) is 0.105. The van der Waals surface area contributed by atoms with Crippen molar-refractivity contribution >= 4 is 23.2 Å². The Morgan fingerprint density at radius 3 is 2.62 bits per heavy atom. The van der Waals surface area contributed by atoms with Crippen LogP contribution in [-0.4, -0.2) is 15.9 Å². The van der Waals surface area contributed by atoms with Gasteiger partial charge in [-0.05, 0) is 36.2 Å². The SMILES string of the molecule is O=C(CCc1cccc(Cl)c1)Nc1cnc(Oc2ccccc2F)nc1. The Morgan fingerprint density at radius 2 is 1.88 bits per heavy atom. The van der Waals surface area contributed by atoms with Crippen LogP contribution in [0.2, 0.25) is 5.02 Å². The number of ether oxygens (including phenoxy) is 1. The lowest BCUT2D eigenvalue weighted by atomic mass is 10.1. The minimum absolute atomic E-state index is 0.00738. The molecule has 0 radical (unpaired) electrons. The Hall–Kier alpha value is -2.99. The van der Waals surface area contributed by atoms with Crippen molar-refractivity contribution in [3.63, 3.8) is 0 Å². The molecule has 0 aliphatic carbocycles. The predicted octanol–water partition coefficient (Wildman–Crippen LogP) is 4.63. The summed E-state index contributed by atoms with van der Waals surface area (Å²) >= 11 is 5.92. The highest BCUT2D eigenvalue weighted by molar-refractivity contribution is 6.30. The second-order valence-electron chi connectivity index (χ2n) is 5.46. The van der Waals surface area contributed by atoms with Crippen molar-refractivity contribution in [2.45, 2.75) is 12.8 Å². The molecule has 1 heterocycles. The van der Waals surface area contributed by atoms with E-state index in [1.165, 1.54) is 24.5 Å². The molecule has 1 aromatic heterocycles. The van der Waals surface area contributed by atoms with Gasteiger partial charge in [0.05, 0.1) is 18.1 Å². The fourth-order valence-electron chi connectivity index (χ4n) is 2.23. The zero-order valence-electron chi connectivity index (χ0n) is 13.7. The topological polar surface area (TPSA) is 64.1 Å². The number of carbonyl (C=O) groups excluding carboxylic acids is 1. The number of nitrogens with zero attached hydrogens (tertiary/aromatic N) is 2. The van der Waals surface area contributed by atoms with E-state index in [4.69, 9.17) is 16.3 Å². The van der Waals surface area contributed by atoms with Gasteiger partial charge in [0, 0.05) is 11.4 Å². The smallest absolute Gasteiger partial charge is 0.322 e. The molecule has 7 heteroatoms. The molecule has 1 N–H and O–H groups in total. The molecule has 0 saturated carbocycles. The van der Waals surface area contributed by atoms with Crippen molar-refractivity contribution in [1.82, 2.24) is 9.97 Å². The summed E-state index contributed by atoms with van der Waals surface area (Å²) in [6, 6.07) is 13.3. The molecule has 0 spiro atoms. The molecule has 0 atom stereocenters. The molecule has 0 fully saturated rings. The Labute approximate surface area is 154 Å². The Morgan fingerprint density at radius 1 is 1.12 bits per heavy atom. The number of para-hydroxylation sites is 1. The number of benzene rings is 2. The van der Waals surface area contributed by atoms with Gasteiger partial charge in [-0.1, -0.05) is 35.9 Å². The molecule has 2 aromatic carbocycles. The average molecular weight is 372 g/mol. The summed E-state index contributed by atoms with van der Waals surface area (Å²) in [7, 11) is 0. The number of amides is 1. The summed E-state index contributed by atoms with van der Waals surface area (Å²) in [4.78, 5) is 19.9. The zero-order valence-corrected chi connectivity index (χ0v) is 14.4. The van der Waals surface area contributed by atoms with E-state index in [1.807, 2.05) is 18.2 Å². The Kier molecular flexibility index (Phi) is 5.76. The monoisotopic (exact) mass is 371 g/mol. The largest absolute Gasteiger partial charge is 0.421 e. The van der Waals surface area contributed by atoms with Gasteiger partial charge in [-0.15, -0.1) is 0 Å². The van der Waals surface area contributed by atoms with Crippen LogP contribution in [0.1, 0.15) is 12.0 Å². The Balaban J connectivity index is 1.53. The summed E-state index contributed by atoms with van der Waals surface area (Å²) in [6.07, 6.45) is 3.68. The van der Waals surface area contributed by atoms with Crippen LogP contribution in [0.5, 0.6) is 11.8 Å².